The maximum Gasteiger partial charge on any atom is 0.0107 e. The van der Waals surface area contributed by atoms with Gasteiger partial charge in [0, 0.05) is 43.9 Å². The fourth-order valence-corrected chi connectivity index (χ4v) is 1.05. The Balaban J connectivity index is 0. The number of hydrogen-bond acceptors (Lipinski definition) is 2. The number of pyridine rings is 1. The van der Waals surface area contributed by atoms with E-state index in [4.69, 9.17) is 0 Å². The maximum atomic E-state index is 4.06. The zero-order valence-electron chi connectivity index (χ0n) is 10.0. The maximum absolute atomic E-state index is 4.06. The summed E-state index contributed by atoms with van der Waals surface area (Å²) in [5.41, 5.74) is 2.18. The van der Waals surface area contributed by atoms with Crippen molar-refractivity contribution in [1.29, 1.82) is 0 Å². The minimum Gasteiger partial charge on any atom is -0.329 e. The fraction of sp³-hybridized carbons (Fsp3) is 0.500. The molecule has 0 unspecified atom stereocenters. The molecule has 3 heteroatoms. The smallest absolute Gasteiger partial charge is 0.0107 e. The summed E-state index contributed by atoms with van der Waals surface area (Å²) < 4.78 is 0. The molecule has 0 aliphatic rings. The number of rotatable bonds is 4. The molecule has 1 aromatic rings. The summed E-state index contributed by atoms with van der Waals surface area (Å²) in [7, 11) is 0. The first-order valence-electron chi connectivity index (χ1n) is 5.29. The van der Waals surface area contributed by atoms with E-state index in [9.17, 15) is 0 Å². The largest absolute Gasteiger partial charge is 0.329 e. The molecule has 15 heavy (non-hydrogen) atoms. The third-order valence-electron chi connectivity index (χ3n) is 1.61. The van der Waals surface area contributed by atoms with E-state index >= 15 is 0 Å². The molecule has 0 fully saturated rings. The topological polar surface area (TPSA) is 24.9 Å². The van der Waals surface area contributed by atoms with Crippen molar-refractivity contribution in [1.82, 2.24) is 10.3 Å². The zero-order valence-corrected chi connectivity index (χ0v) is 14.2. The molecule has 0 bridgehead atoms. The molecule has 0 aromatic carbocycles. The minimum absolute atomic E-state index is 0. The first-order chi connectivity index (χ1) is 6.83. The fourth-order valence-electron chi connectivity index (χ4n) is 1.05. The standard InChI is InChI=1S/C10H15N2.C2H6.U/c1-3-4-11-7-10-5-9(2)6-12-8-10;1-2;/h5-6,8,11H,2-4,7H2,1H3;1-2H3;/q-1;;. The second-order valence-electron chi connectivity index (χ2n) is 2.88. The molecule has 1 aromatic heterocycles. The van der Waals surface area contributed by atoms with Crippen LogP contribution in [0.5, 0.6) is 0 Å². The van der Waals surface area contributed by atoms with Gasteiger partial charge in [-0.25, -0.2) is 0 Å². The van der Waals surface area contributed by atoms with Crippen LogP contribution in [0.15, 0.2) is 18.5 Å². The molecule has 0 radical (unpaired) electrons. The van der Waals surface area contributed by atoms with Crippen LogP contribution in [-0.2, 0) is 6.54 Å². The van der Waals surface area contributed by atoms with Crippen molar-refractivity contribution in [2.45, 2.75) is 33.7 Å². The van der Waals surface area contributed by atoms with Gasteiger partial charge in [0.1, 0.15) is 0 Å². The predicted molar refractivity (Wildman–Crippen MR) is 62.0 cm³/mol. The van der Waals surface area contributed by atoms with Crippen LogP contribution >= 0.6 is 0 Å². The van der Waals surface area contributed by atoms with Crippen LogP contribution in [-0.4, -0.2) is 11.5 Å². The molecule has 0 aliphatic carbocycles. The van der Waals surface area contributed by atoms with E-state index in [-0.39, 0.29) is 31.1 Å². The third kappa shape index (κ3) is 8.99. The number of nitrogens with zero attached hydrogens (tertiary/aromatic N) is 1. The van der Waals surface area contributed by atoms with Crippen molar-refractivity contribution in [2.24, 2.45) is 0 Å². The van der Waals surface area contributed by atoms with Crippen LogP contribution in [0.25, 0.3) is 0 Å². The monoisotopic (exact) mass is 431 g/mol. The predicted octanol–water partition coefficient (Wildman–Crippen LogP) is 2.79. The average Bonchev–Trinajstić information content (AvgIpc) is 2.21. The molecule has 1 N–H and O–H groups in total. The quantitative estimate of drug-likeness (QED) is 0.586. The van der Waals surface area contributed by atoms with Crippen molar-refractivity contribution in [3.8, 4) is 0 Å². The number of hydrogen-bond donors (Lipinski definition) is 1. The Morgan fingerprint density at radius 3 is 2.53 bits per heavy atom. The first-order valence-corrected chi connectivity index (χ1v) is 5.29. The Bertz CT molecular complexity index is 239. The van der Waals surface area contributed by atoms with E-state index in [0.717, 1.165) is 25.1 Å². The molecule has 0 aliphatic heterocycles. The van der Waals surface area contributed by atoms with Gasteiger partial charge in [0.05, 0.1) is 0 Å². The van der Waals surface area contributed by atoms with Gasteiger partial charge in [-0.2, -0.15) is 18.6 Å². The first kappa shape index (κ1) is 17.4. The molecule has 0 saturated heterocycles. The zero-order chi connectivity index (χ0) is 10.8. The molecular weight excluding hydrogens is 410 g/mol. The SMILES string of the molecule is CC.[CH2-]c1cncc(CNCCC)c1.[U]. The molecule has 84 valence electrons. The Morgan fingerprint density at radius 2 is 2.00 bits per heavy atom. The van der Waals surface area contributed by atoms with Crippen LogP contribution in [0.3, 0.4) is 0 Å². The van der Waals surface area contributed by atoms with Gasteiger partial charge in [-0.05, 0) is 13.0 Å². The molecule has 0 spiro atoms. The van der Waals surface area contributed by atoms with Crippen molar-refractivity contribution in [2.75, 3.05) is 6.54 Å². The second kappa shape index (κ2) is 12.1. The number of aromatic nitrogens is 1. The molecule has 0 atom stereocenters. The molecule has 2 nitrogen and oxygen atoms in total. The van der Waals surface area contributed by atoms with Crippen molar-refractivity contribution >= 4 is 0 Å². The van der Waals surface area contributed by atoms with E-state index in [0.29, 0.717) is 0 Å². The summed E-state index contributed by atoms with van der Waals surface area (Å²) in [6.07, 6.45) is 4.80. The van der Waals surface area contributed by atoms with Crippen molar-refractivity contribution in [3.63, 3.8) is 0 Å². The molecule has 0 amide bonds. The summed E-state index contributed by atoms with van der Waals surface area (Å²) in [5, 5.41) is 3.31. The summed E-state index contributed by atoms with van der Waals surface area (Å²) in [5.74, 6) is 0. The normalized spacial score (nSPS) is 8.47. The summed E-state index contributed by atoms with van der Waals surface area (Å²) in [6, 6.07) is 2.05. The van der Waals surface area contributed by atoms with Gasteiger partial charge in [-0.3, -0.25) is 0 Å². The van der Waals surface area contributed by atoms with E-state index in [1.165, 1.54) is 5.56 Å². The van der Waals surface area contributed by atoms with Crippen LogP contribution < -0.4 is 5.32 Å². The Hall–Kier alpha value is 0.0319. The van der Waals surface area contributed by atoms with Gasteiger partial charge in [0.2, 0.25) is 0 Å². The molecular formula is C12H21N2U-. The summed E-state index contributed by atoms with van der Waals surface area (Å²) in [4.78, 5) is 4.06. The number of nitrogens with one attached hydrogen (secondary N) is 1. The van der Waals surface area contributed by atoms with Gasteiger partial charge in [-0.1, -0.05) is 32.5 Å². The minimum atomic E-state index is 0. The van der Waals surface area contributed by atoms with Crippen molar-refractivity contribution < 1.29 is 31.1 Å². The van der Waals surface area contributed by atoms with E-state index in [1.807, 2.05) is 20.0 Å². The van der Waals surface area contributed by atoms with Gasteiger partial charge < -0.3 is 10.3 Å². The molecule has 1 heterocycles. The Morgan fingerprint density at radius 1 is 1.33 bits per heavy atom. The second-order valence-corrected chi connectivity index (χ2v) is 2.88. The van der Waals surface area contributed by atoms with Gasteiger partial charge in [0.25, 0.3) is 0 Å². The van der Waals surface area contributed by atoms with Crippen molar-refractivity contribution in [3.05, 3.63) is 36.5 Å². The molecule has 0 saturated carbocycles. The summed E-state index contributed by atoms with van der Waals surface area (Å²) >= 11 is 0. The van der Waals surface area contributed by atoms with E-state index < -0.39 is 0 Å². The van der Waals surface area contributed by atoms with E-state index in [2.05, 4.69) is 30.2 Å². The Kier molecular flexibility index (Phi) is 14.1. The van der Waals surface area contributed by atoms with Gasteiger partial charge >= 0.3 is 0 Å². The van der Waals surface area contributed by atoms with E-state index in [1.54, 1.807) is 6.20 Å². The Labute approximate surface area is 118 Å². The average molecular weight is 431 g/mol. The van der Waals surface area contributed by atoms with Crippen LogP contribution in [0.2, 0.25) is 0 Å². The summed E-state index contributed by atoms with van der Waals surface area (Å²) in [6.45, 7) is 11.9. The van der Waals surface area contributed by atoms with Gasteiger partial charge in [-0.15, -0.1) is 0 Å². The molecule has 1 rings (SSSR count). The van der Waals surface area contributed by atoms with Crippen LogP contribution in [0, 0.1) is 38.0 Å². The van der Waals surface area contributed by atoms with Crippen LogP contribution in [0.1, 0.15) is 38.3 Å². The van der Waals surface area contributed by atoms with Gasteiger partial charge in [0.15, 0.2) is 0 Å². The third-order valence-corrected chi connectivity index (χ3v) is 1.61. The van der Waals surface area contributed by atoms with Crippen LogP contribution in [0.4, 0.5) is 0 Å².